The Morgan fingerprint density at radius 3 is 2.08 bits per heavy atom. The number of azide groups is 1. The highest BCUT2D eigenvalue weighted by Crippen LogP contribution is 2.30. The highest BCUT2D eigenvalue weighted by Gasteiger charge is 2.52. The van der Waals surface area contributed by atoms with E-state index < -0.39 is 65.3 Å². The molecule has 36 heavy (non-hydrogen) atoms. The SMILES string of the molecule is CC(=O)O[C@H]1[C@@H](OC(C)=O)[C@@H](COS(=O)(=O)c2ccc(C)cc2)O[C@H](OCCN=[N+]=[N-])[C@@H]1OC(C)=O. The van der Waals surface area contributed by atoms with Crippen LogP contribution >= 0.6 is 0 Å². The Hall–Kier alpha value is -3.23. The van der Waals surface area contributed by atoms with Crippen molar-refractivity contribution in [2.45, 2.75) is 63.3 Å². The number of nitrogens with zero attached hydrogens (tertiary/aromatic N) is 3. The highest BCUT2D eigenvalue weighted by atomic mass is 32.2. The summed E-state index contributed by atoms with van der Waals surface area (Å²) in [6, 6.07) is 5.89. The van der Waals surface area contributed by atoms with Crippen LogP contribution in [0, 0.1) is 6.92 Å². The number of aryl methyl sites for hydroxylation is 1. The molecule has 0 radical (unpaired) electrons. The van der Waals surface area contributed by atoms with Crippen LogP contribution in [0.4, 0.5) is 0 Å². The molecule has 5 atom stereocenters. The van der Waals surface area contributed by atoms with Crippen molar-refractivity contribution >= 4 is 28.0 Å². The lowest BCUT2D eigenvalue weighted by Gasteiger charge is -2.44. The van der Waals surface area contributed by atoms with Gasteiger partial charge in [-0.15, -0.1) is 0 Å². The van der Waals surface area contributed by atoms with Gasteiger partial charge < -0.3 is 23.7 Å². The fourth-order valence-electron chi connectivity index (χ4n) is 3.31. The number of ether oxygens (including phenoxy) is 5. The van der Waals surface area contributed by atoms with Crippen LogP contribution in [0.25, 0.3) is 10.4 Å². The molecule has 0 unspecified atom stereocenters. The first-order valence-electron chi connectivity index (χ1n) is 10.7. The topological polar surface area (TPSA) is 189 Å². The van der Waals surface area contributed by atoms with Gasteiger partial charge in [0.05, 0.1) is 18.1 Å². The molecule has 1 aliphatic rings. The molecule has 0 N–H and O–H groups in total. The standard InChI is InChI=1S/C21H27N3O11S/c1-12-5-7-16(8-6-12)36(28,29)31-11-17-18(32-13(2)25)19(33-14(3)26)20(34-15(4)27)21(35-17)30-10-9-23-24-22/h5-8,17-21H,9-11H2,1-4H3/t17-,18+,19+,20-,21+/m1/s1. The van der Waals surface area contributed by atoms with E-state index in [9.17, 15) is 22.8 Å². The minimum atomic E-state index is -4.25. The zero-order chi connectivity index (χ0) is 26.9. The Balaban J connectivity index is 2.38. The summed E-state index contributed by atoms with van der Waals surface area (Å²) in [7, 11) is -4.25. The second-order valence-corrected chi connectivity index (χ2v) is 9.26. The van der Waals surface area contributed by atoms with Crippen molar-refractivity contribution < 1.29 is 50.7 Å². The van der Waals surface area contributed by atoms with Crippen LogP contribution in [-0.2, 0) is 52.4 Å². The van der Waals surface area contributed by atoms with E-state index >= 15 is 0 Å². The van der Waals surface area contributed by atoms with E-state index in [4.69, 9.17) is 33.4 Å². The molecule has 0 aromatic heterocycles. The minimum Gasteiger partial charge on any atom is -0.456 e. The van der Waals surface area contributed by atoms with Gasteiger partial charge in [-0.1, -0.05) is 22.8 Å². The number of hydrogen-bond acceptors (Lipinski definition) is 12. The first-order chi connectivity index (χ1) is 16.9. The van der Waals surface area contributed by atoms with Gasteiger partial charge in [-0.3, -0.25) is 18.6 Å². The van der Waals surface area contributed by atoms with Gasteiger partial charge in [0.15, 0.2) is 24.6 Å². The summed E-state index contributed by atoms with van der Waals surface area (Å²) in [5.41, 5.74) is 9.29. The van der Waals surface area contributed by atoms with E-state index in [0.29, 0.717) is 0 Å². The van der Waals surface area contributed by atoms with E-state index in [1.54, 1.807) is 19.1 Å². The maximum Gasteiger partial charge on any atom is 0.303 e. The third-order valence-corrected chi connectivity index (χ3v) is 6.03. The van der Waals surface area contributed by atoms with Crippen molar-refractivity contribution in [2.24, 2.45) is 5.11 Å². The van der Waals surface area contributed by atoms with E-state index in [1.165, 1.54) is 12.1 Å². The summed E-state index contributed by atoms with van der Waals surface area (Å²) in [6.45, 7) is 4.06. The number of carbonyl (C=O) groups is 3. The molecule has 198 valence electrons. The van der Waals surface area contributed by atoms with Crippen molar-refractivity contribution in [3.8, 4) is 0 Å². The first-order valence-corrected chi connectivity index (χ1v) is 12.1. The number of rotatable bonds is 11. The third-order valence-electron chi connectivity index (χ3n) is 4.73. The molecular weight excluding hydrogens is 502 g/mol. The van der Waals surface area contributed by atoms with E-state index in [-0.39, 0.29) is 18.0 Å². The van der Waals surface area contributed by atoms with Gasteiger partial charge in [0.25, 0.3) is 10.1 Å². The number of hydrogen-bond donors (Lipinski definition) is 0. The fraction of sp³-hybridized carbons (Fsp3) is 0.571. The Bertz CT molecular complexity index is 1090. The summed E-state index contributed by atoms with van der Waals surface area (Å²) < 4.78 is 57.6. The second kappa shape index (κ2) is 13.2. The average Bonchev–Trinajstić information content (AvgIpc) is 2.78. The van der Waals surface area contributed by atoms with Crippen LogP contribution < -0.4 is 0 Å². The zero-order valence-electron chi connectivity index (χ0n) is 20.1. The first kappa shape index (κ1) is 29.0. The van der Waals surface area contributed by atoms with E-state index in [1.807, 2.05) is 0 Å². The van der Waals surface area contributed by atoms with Gasteiger partial charge in [-0.2, -0.15) is 8.42 Å². The molecule has 1 heterocycles. The molecule has 1 fully saturated rings. The van der Waals surface area contributed by atoms with Crippen molar-refractivity contribution in [1.29, 1.82) is 0 Å². The van der Waals surface area contributed by atoms with Crippen LogP contribution in [0.2, 0.25) is 0 Å². The largest absolute Gasteiger partial charge is 0.456 e. The molecule has 2 rings (SSSR count). The normalized spacial score (nSPS) is 23.7. The van der Waals surface area contributed by atoms with Gasteiger partial charge in [0.1, 0.15) is 6.10 Å². The van der Waals surface area contributed by atoms with Crippen LogP contribution in [0.5, 0.6) is 0 Å². The lowest BCUT2D eigenvalue weighted by molar-refractivity contribution is -0.306. The predicted octanol–water partition coefficient (Wildman–Crippen LogP) is 1.55. The second-order valence-electron chi connectivity index (χ2n) is 7.64. The summed E-state index contributed by atoms with van der Waals surface area (Å²) >= 11 is 0. The minimum absolute atomic E-state index is 0.113. The molecule has 1 saturated heterocycles. The number of esters is 3. The van der Waals surface area contributed by atoms with Crippen molar-refractivity contribution in [3.63, 3.8) is 0 Å². The third kappa shape index (κ3) is 8.46. The monoisotopic (exact) mass is 529 g/mol. The molecule has 0 amide bonds. The van der Waals surface area contributed by atoms with Crippen LogP contribution in [0.3, 0.4) is 0 Å². The van der Waals surface area contributed by atoms with Gasteiger partial charge >= 0.3 is 17.9 Å². The van der Waals surface area contributed by atoms with E-state index in [0.717, 1.165) is 26.3 Å². The smallest absolute Gasteiger partial charge is 0.303 e. The van der Waals surface area contributed by atoms with Crippen molar-refractivity contribution in [1.82, 2.24) is 0 Å². The Morgan fingerprint density at radius 2 is 1.53 bits per heavy atom. The summed E-state index contributed by atoms with van der Waals surface area (Å²) in [6.07, 6.45) is -7.04. The predicted molar refractivity (Wildman–Crippen MR) is 120 cm³/mol. The molecule has 0 saturated carbocycles. The quantitative estimate of drug-likeness (QED) is 0.0768. The molecule has 14 nitrogen and oxygen atoms in total. The maximum atomic E-state index is 12.7. The Labute approximate surface area is 207 Å². The number of benzene rings is 1. The molecule has 15 heteroatoms. The molecule has 1 aromatic rings. The van der Waals surface area contributed by atoms with Crippen LogP contribution in [0.1, 0.15) is 26.3 Å². The molecule has 1 aliphatic heterocycles. The van der Waals surface area contributed by atoms with Gasteiger partial charge in [0.2, 0.25) is 0 Å². The lowest BCUT2D eigenvalue weighted by atomic mass is 9.98. The van der Waals surface area contributed by atoms with Gasteiger partial charge in [0, 0.05) is 32.2 Å². The Morgan fingerprint density at radius 1 is 0.972 bits per heavy atom. The fourth-order valence-corrected chi connectivity index (χ4v) is 4.23. The van der Waals surface area contributed by atoms with Crippen LogP contribution in [0.15, 0.2) is 34.3 Å². The van der Waals surface area contributed by atoms with Crippen molar-refractivity contribution in [3.05, 3.63) is 40.3 Å². The zero-order valence-corrected chi connectivity index (χ0v) is 20.9. The van der Waals surface area contributed by atoms with Crippen LogP contribution in [-0.4, -0.2) is 76.8 Å². The van der Waals surface area contributed by atoms with Gasteiger partial charge in [-0.25, -0.2) is 0 Å². The molecular formula is C21H27N3O11S. The lowest BCUT2D eigenvalue weighted by Crippen LogP contribution is -2.63. The summed E-state index contributed by atoms with van der Waals surface area (Å²) in [5, 5.41) is 3.32. The van der Waals surface area contributed by atoms with Crippen molar-refractivity contribution in [2.75, 3.05) is 19.8 Å². The van der Waals surface area contributed by atoms with Gasteiger partial charge in [-0.05, 0) is 24.6 Å². The summed E-state index contributed by atoms with van der Waals surface area (Å²) in [4.78, 5) is 37.9. The molecule has 1 aromatic carbocycles. The maximum absolute atomic E-state index is 12.7. The molecule has 0 bridgehead atoms. The number of carbonyl (C=O) groups excluding carboxylic acids is 3. The molecule has 0 spiro atoms. The summed E-state index contributed by atoms with van der Waals surface area (Å²) in [5.74, 6) is -2.41. The Kier molecular flexibility index (Phi) is 10.6. The molecule has 0 aliphatic carbocycles. The van der Waals surface area contributed by atoms with E-state index in [2.05, 4.69) is 10.0 Å². The highest BCUT2D eigenvalue weighted by molar-refractivity contribution is 7.86. The average molecular weight is 530 g/mol.